The van der Waals surface area contributed by atoms with Crippen LogP contribution in [0.15, 0.2) is 91.0 Å². The second-order valence-corrected chi connectivity index (χ2v) is 6.53. The van der Waals surface area contributed by atoms with Gasteiger partial charge in [0.2, 0.25) is 5.91 Å². The van der Waals surface area contributed by atoms with Gasteiger partial charge in [-0.05, 0) is 35.4 Å². The van der Waals surface area contributed by atoms with Crippen LogP contribution in [0, 0.1) is 0 Å². The number of allylic oxidation sites excluding steroid dienone is 1. The molecule has 5 heteroatoms. The number of carbonyl (C=O) groups excluding carboxylic acids is 1. The number of carboxylic acid groups (broad SMARTS) is 1. The first-order valence-corrected chi connectivity index (χ1v) is 9.15. The molecule has 0 aliphatic carbocycles. The monoisotopic (exact) mass is 387 g/mol. The standard InChI is InChI=1S/C24H21NO4/c26-22-13-11-19(24(28)29)15-21(22)20(18-9-5-2-6-10-18)12-14-23(27)25-16-17-7-3-1-4-8-17/h1-15,20,26H,16H2,(H,25,27)(H,28,29)/b14-12+. The van der Waals surface area contributed by atoms with Crippen molar-refractivity contribution in [2.24, 2.45) is 0 Å². The lowest BCUT2D eigenvalue weighted by Gasteiger charge is -2.16. The lowest BCUT2D eigenvalue weighted by molar-refractivity contribution is -0.116. The SMILES string of the molecule is O=C(/C=C/C(c1ccccc1)c1cc(C(=O)O)ccc1O)NCc1ccccc1. The Morgan fingerprint density at radius 2 is 1.59 bits per heavy atom. The quantitative estimate of drug-likeness (QED) is 0.533. The first-order valence-electron chi connectivity index (χ1n) is 9.15. The van der Waals surface area contributed by atoms with Crippen LogP contribution in [0.5, 0.6) is 5.75 Å². The van der Waals surface area contributed by atoms with Crippen LogP contribution in [-0.4, -0.2) is 22.1 Å². The number of phenolic OH excluding ortho intramolecular Hbond substituents is 1. The second kappa shape index (κ2) is 9.37. The van der Waals surface area contributed by atoms with Gasteiger partial charge in [-0.25, -0.2) is 4.79 Å². The Kier molecular flexibility index (Phi) is 6.43. The summed E-state index contributed by atoms with van der Waals surface area (Å²) in [5.74, 6) is -1.86. The summed E-state index contributed by atoms with van der Waals surface area (Å²) in [5.41, 5.74) is 2.31. The molecule has 0 bridgehead atoms. The third-order valence-electron chi connectivity index (χ3n) is 4.52. The molecule has 3 rings (SSSR count). The molecule has 0 radical (unpaired) electrons. The van der Waals surface area contributed by atoms with Gasteiger partial charge in [0, 0.05) is 18.0 Å². The third kappa shape index (κ3) is 5.32. The predicted molar refractivity (Wildman–Crippen MR) is 111 cm³/mol. The summed E-state index contributed by atoms with van der Waals surface area (Å²) >= 11 is 0. The van der Waals surface area contributed by atoms with E-state index in [9.17, 15) is 19.8 Å². The Hall–Kier alpha value is -3.86. The fraction of sp³-hybridized carbons (Fsp3) is 0.0833. The smallest absolute Gasteiger partial charge is 0.335 e. The highest BCUT2D eigenvalue weighted by molar-refractivity contribution is 5.89. The Morgan fingerprint density at radius 1 is 0.931 bits per heavy atom. The summed E-state index contributed by atoms with van der Waals surface area (Å²) in [6, 6.07) is 23.0. The molecule has 0 saturated carbocycles. The van der Waals surface area contributed by atoms with E-state index in [0.717, 1.165) is 11.1 Å². The molecule has 1 unspecified atom stereocenters. The molecule has 0 heterocycles. The molecule has 0 spiro atoms. The summed E-state index contributed by atoms with van der Waals surface area (Å²) in [4.78, 5) is 23.6. The number of carboxylic acids is 1. The van der Waals surface area contributed by atoms with Crippen molar-refractivity contribution in [3.8, 4) is 5.75 Å². The van der Waals surface area contributed by atoms with Gasteiger partial charge in [-0.1, -0.05) is 66.7 Å². The van der Waals surface area contributed by atoms with Crippen LogP contribution < -0.4 is 5.32 Å². The number of rotatable bonds is 7. The third-order valence-corrected chi connectivity index (χ3v) is 4.52. The lowest BCUT2D eigenvalue weighted by atomic mass is 9.89. The van der Waals surface area contributed by atoms with E-state index >= 15 is 0 Å². The van der Waals surface area contributed by atoms with Crippen molar-refractivity contribution >= 4 is 11.9 Å². The topological polar surface area (TPSA) is 86.6 Å². The largest absolute Gasteiger partial charge is 0.508 e. The fourth-order valence-electron chi connectivity index (χ4n) is 3.02. The van der Waals surface area contributed by atoms with Crippen molar-refractivity contribution in [3.63, 3.8) is 0 Å². The predicted octanol–water partition coefficient (Wildman–Crippen LogP) is 4.09. The molecular formula is C24H21NO4. The molecule has 1 atom stereocenters. The van der Waals surface area contributed by atoms with Crippen molar-refractivity contribution in [3.05, 3.63) is 113 Å². The highest BCUT2D eigenvalue weighted by Crippen LogP contribution is 2.33. The number of phenols is 1. The van der Waals surface area contributed by atoms with Crippen LogP contribution in [0.1, 0.15) is 33.0 Å². The number of amides is 1. The average Bonchev–Trinajstić information content (AvgIpc) is 2.75. The van der Waals surface area contributed by atoms with Gasteiger partial charge in [-0.3, -0.25) is 4.79 Å². The minimum atomic E-state index is -1.08. The van der Waals surface area contributed by atoms with Crippen LogP contribution in [0.25, 0.3) is 0 Å². The van der Waals surface area contributed by atoms with E-state index in [0.29, 0.717) is 12.1 Å². The molecular weight excluding hydrogens is 366 g/mol. The Bertz CT molecular complexity index is 1010. The van der Waals surface area contributed by atoms with Crippen LogP contribution >= 0.6 is 0 Å². The minimum Gasteiger partial charge on any atom is -0.508 e. The van der Waals surface area contributed by atoms with Gasteiger partial charge in [0.15, 0.2) is 0 Å². The van der Waals surface area contributed by atoms with Crippen LogP contribution in [0.3, 0.4) is 0 Å². The van der Waals surface area contributed by atoms with Crippen LogP contribution in [-0.2, 0) is 11.3 Å². The Balaban J connectivity index is 1.85. The Labute approximate surface area is 169 Å². The van der Waals surface area contributed by atoms with Gasteiger partial charge in [-0.2, -0.15) is 0 Å². The lowest BCUT2D eigenvalue weighted by Crippen LogP contribution is -2.20. The van der Waals surface area contributed by atoms with E-state index in [2.05, 4.69) is 5.32 Å². The number of hydrogen-bond acceptors (Lipinski definition) is 3. The minimum absolute atomic E-state index is 0.0294. The van der Waals surface area contributed by atoms with E-state index in [4.69, 9.17) is 0 Å². The molecule has 0 saturated heterocycles. The summed E-state index contributed by atoms with van der Waals surface area (Å²) in [7, 11) is 0. The zero-order valence-electron chi connectivity index (χ0n) is 15.7. The van der Waals surface area contributed by atoms with E-state index in [1.54, 1.807) is 6.08 Å². The molecule has 3 N–H and O–H groups in total. The zero-order valence-corrected chi connectivity index (χ0v) is 15.7. The second-order valence-electron chi connectivity index (χ2n) is 6.53. The molecule has 146 valence electrons. The van der Waals surface area contributed by atoms with Gasteiger partial charge in [0.25, 0.3) is 0 Å². The number of nitrogens with one attached hydrogen (secondary N) is 1. The van der Waals surface area contributed by atoms with Crippen molar-refractivity contribution in [2.45, 2.75) is 12.5 Å². The normalized spacial score (nSPS) is 11.9. The number of benzene rings is 3. The maximum atomic E-state index is 12.3. The zero-order chi connectivity index (χ0) is 20.6. The van der Waals surface area contributed by atoms with Gasteiger partial charge in [0.1, 0.15) is 5.75 Å². The molecule has 0 aromatic heterocycles. The van der Waals surface area contributed by atoms with E-state index in [1.165, 1.54) is 24.3 Å². The van der Waals surface area contributed by atoms with Crippen molar-refractivity contribution < 1.29 is 19.8 Å². The highest BCUT2D eigenvalue weighted by atomic mass is 16.4. The summed E-state index contributed by atoms with van der Waals surface area (Å²) in [6.45, 7) is 0.403. The molecule has 0 aliphatic rings. The molecule has 0 fully saturated rings. The molecule has 0 aliphatic heterocycles. The van der Waals surface area contributed by atoms with Gasteiger partial charge >= 0.3 is 5.97 Å². The van der Waals surface area contributed by atoms with Crippen LogP contribution in [0.2, 0.25) is 0 Å². The van der Waals surface area contributed by atoms with Crippen molar-refractivity contribution in [2.75, 3.05) is 0 Å². The van der Waals surface area contributed by atoms with Gasteiger partial charge < -0.3 is 15.5 Å². The molecule has 5 nitrogen and oxygen atoms in total. The van der Waals surface area contributed by atoms with Crippen molar-refractivity contribution in [1.29, 1.82) is 0 Å². The Morgan fingerprint density at radius 3 is 2.24 bits per heavy atom. The molecule has 1 amide bonds. The summed E-state index contributed by atoms with van der Waals surface area (Å²) in [5, 5.41) is 22.4. The maximum absolute atomic E-state index is 12.3. The van der Waals surface area contributed by atoms with E-state index in [1.807, 2.05) is 60.7 Å². The fourth-order valence-corrected chi connectivity index (χ4v) is 3.02. The molecule has 3 aromatic carbocycles. The summed E-state index contributed by atoms with van der Waals surface area (Å²) < 4.78 is 0. The number of hydrogen-bond donors (Lipinski definition) is 3. The first-order chi connectivity index (χ1) is 14.0. The molecule has 29 heavy (non-hydrogen) atoms. The van der Waals surface area contributed by atoms with E-state index in [-0.39, 0.29) is 17.2 Å². The van der Waals surface area contributed by atoms with Crippen LogP contribution in [0.4, 0.5) is 0 Å². The summed E-state index contributed by atoms with van der Waals surface area (Å²) in [6.07, 6.45) is 3.07. The van der Waals surface area contributed by atoms with Crippen molar-refractivity contribution in [1.82, 2.24) is 5.32 Å². The van der Waals surface area contributed by atoms with E-state index < -0.39 is 11.9 Å². The average molecular weight is 387 g/mol. The van der Waals surface area contributed by atoms with Gasteiger partial charge in [0.05, 0.1) is 5.56 Å². The highest BCUT2D eigenvalue weighted by Gasteiger charge is 2.17. The number of aromatic carboxylic acids is 1. The first kappa shape index (κ1) is 19.9. The number of aromatic hydroxyl groups is 1. The molecule has 3 aromatic rings. The maximum Gasteiger partial charge on any atom is 0.335 e. The van der Waals surface area contributed by atoms with Gasteiger partial charge in [-0.15, -0.1) is 0 Å². The number of carbonyl (C=O) groups is 2.